The van der Waals surface area contributed by atoms with Crippen LogP contribution in [0.15, 0.2) is 24.8 Å². The number of halogens is 1. The van der Waals surface area contributed by atoms with Crippen molar-refractivity contribution in [3.8, 4) is 5.82 Å². The Kier molecular flexibility index (Phi) is 5.39. The maximum atomic E-state index is 14.3. The predicted molar refractivity (Wildman–Crippen MR) is 105 cm³/mol. The summed E-state index contributed by atoms with van der Waals surface area (Å²) < 4.78 is 22.3. The summed E-state index contributed by atoms with van der Waals surface area (Å²) in [6, 6.07) is 0.774. The second kappa shape index (κ2) is 7.34. The van der Waals surface area contributed by atoms with Crippen LogP contribution in [0.5, 0.6) is 0 Å². The molecule has 28 heavy (non-hydrogen) atoms. The first-order valence-electron chi connectivity index (χ1n) is 9.25. The molecule has 3 heterocycles. The summed E-state index contributed by atoms with van der Waals surface area (Å²) in [4.78, 5) is 18.4. The zero-order valence-corrected chi connectivity index (χ0v) is 17.8. The number of nitrogens with one attached hydrogen (secondary N) is 1. The van der Waals surface area contributed by atoms with Crippen molar-refractivity contribution in [2.75, 3.05) is 6.54 Å². The molecule has 3 rings (SSSR count). The van der Waals surface area contributed by atoms with E-state index in [1.54, 1.807) is 6.20 Å². The lowest BCUT2D eigenvalue weighted by atomic mass is 10.1. The Hall–Kier alpha value is -2.17. The van der Waals surface area contributed by atoms with Crippen LogP contribution in [-0.4, -0.2) is 40.4 Å². The van der Waals surface area contributed by atoms with Gasteiger partial charge in [0.1, 0.15) is 12.5 Å². The van der Waals surface area contributed by atoms with Crippen LogP contribution in [0.3, 0.4) is 0 Å². The van der Waals surface area contributed by atoms with E-state index in [2.05, 4.69) is 49.1 Å². The van der Waals surface area contributed by atoms with Crippen LogP contribution in [0, 0.1) is 15.9 Å². The first kappa shape index (κ1) is 20.6. The second-order valence-electron chi connectivity index (χ2n) is 8.60. The smallest absolute Gasteiger partial charge is 0.290 e. The zero-order chi connectivity index (χ0) is 20.7. The monoisotopic (exact) mass is 407 g/mol. The van der Waals surface area contributed by atoms with E-state index < -0.39 is 19.1 Å². The highest BCUT2D eigenvalue weighted by Crippen LogP contribution is 2.40. The fourth-order valence-electron chi connectivity index (χ4n) is 2.98. The average Bonchev–Trinajstić information content (AvgIpc) is 3.22. The minimum atomic E-state index is -1.94. The summed E-state index contributed by atoms with van der Waals surface area (Å²) in [6.07, 6.45) is 5.08. The number of pyridine rings is 1. The molecule has 10 heteroatoms. The molecule has 152 valence electrons. The van der Waals surface area contributed by atoms with Crippen molar-refractivity contribution in [3.63, 3.8) is 0 Å². The number of nitro groups is 1. The summed E-state index contributed by atoms with van der Waals surface area (Å²) in [5.74, 6) is -0.796. The van der Waals surface area contributed by atoms with E-state index in [1.807, 2.05) is 0 Å². The van der Waals surface area contributed by atoms with E-state index in [-0.39, 0.29) is 28.7 Å². The Morgan fingerprint density at radius 3 is 2.71 bits per heavy atom. The summed E-state index contributed by atoms with van der Waals surface area (Å²) in [5.41, 5.74) is 0.350. The van der Waals surface area contributed by atoms with Gasteiger partial charge in [0.2, 0.25) is 0 Å². The van der Waals surface area contributed by atoms with E-state index in [0.717, 1.165) is 30.9 Å². The molecule has 1 fully saturated rings. The number of aromatic nitrogens is 3. The average molecular weight is 408 g/mol. The summed E-state index contributed by atoms with van der Waals surface area (Å²) in [7, 11) is -1.94. The molecule has 2 unspecified atom stereocenters. The summed E-state index contributed by atoms with van der Waals surface area (Å²) in [5, 5.41) is 14.3. The molecule has 2 aromatic heterocycles. The van der Waals surface area contributed by atoms with Gasteiger partial charge in [-0.15, -0.1) is 0 Å². The molecule has 0 spiro atoms. The molecular weight excluding hydrogens is 381 g/mol. The van der Waals surface area contributed by atoms with Gasteiger partial charge in [-0.25, -0.2) is 14.4 Å². The van der Waals surface area contributed by atoms with Crippen molar-refractivity contribution in [2.45, 2.75) is 57.5 Å². The maximum Gasteiger partial charge on any atom is 0.290 e. The molecule has 2 atom stereocenters. The lowest BCUT2D eigenvalue weighted by Crippen LogP contribution is -2.45. The summed E-state index contributed by atoms with van der Waals surface area (Å²) in [6.45, 7) is 11.9. The molecule has 1 aliphatic rings. The van der Waals surface area contributed by atoms with Gasteiger partial charge in [-0.05, 0) is 31.1 Å². The van der Waals surface area contributed by atoms with Crippen LogP contribution in [0.1, 0.15) is 38.9 Å². The van der Waals surface area contributed by atoms with Crippen molar-refractivity contribution < 1.29 is 13.7 Å². The number of nitrogens with zero attached hydrogens (tertiary/aromatic N) is 4. The number of hydrogen-bond donors (Lipinski definition) is 1. The molecule has 1 N–H and O–H groups in total. The van der Waals surface area contributed by atoms with Crippen molar-refractivity contribution in [2.24, 2.45) is 0 Å². The molecule has 0 radical (unpaired) electrons. The molecule has 0 amide bonds. The molecule has 0 bridgehead atoms. The van der Waals surface area contributed by atoms with Crippen molar-refractivity contribution >= 4 is 14.0 Å². The van der Waals surface area contributed by atoms with Crippen molar-refractivity contribution in [3.05, 3.63) is 46.4 Å². The lowest BCUT2D eigenvalue weighted by Gasteiger charge is -2.39. The highest BCUT2D eigenvalue weighted by atomic mass is 28.4. The van der Waals surface area contributed by atoms with Crippen molar-refractivity contribution in [1.29, 1.82) is 0 Å². The first-order chi connectivity index (χ1) is 13.0. The molecule has 8 nitrogen and oxygen atoms in total. The van der Waals surface area contributed by atoms with Gasteiger partial charge >= 0.3 is 0 Å². The van der Waals surface area contributed by atoms with Gasteiger partial charge in [-0.3, -0.25) is 14.7 Å². The number of rotatable bonds is 5. The summed E-state index contributed by atoms with van der Waals surface area (Å²) >= 11 is 0. The highest BCUT2D eigenvalue weighted by Gasteiger charge is 2.42. The fourth-order valence-corrected chi connectivity index (χ4v) is 4.35. The molecule has 1 saturated heterocycles. The van der Waals surface area contributed by atoms with Gasteiger partial charge in [0.15, 0.2) is 20.0 Å². The highest BCUT2D eigenvalue weighted by molar-refractivity contribution is 6.74. The number of imidazole rings is 1. The van der Waals surface area contributed by atoms with E-state index in [4.69, 9.17) is 4.43 Å². The Bertz CT molecular complexity index is 880. The van der Waals surface area contributed by atoms with Gasteiger partial charge in [-0.1, -0.05) is 20.8 Å². The first-order valence-corrected chi connectivity index (χ1v) is 12.2. The molecule has 1 aliphatic heterocycles. The van der Waals surface area contributed by atoms with Crippen LogP contribution in [-0.2, 0) is 4.43 Å². The van der Waals surface area contributed by atoms with Gasteiger partial charge in [0, 0.05) is 6.20 Å². The fraction of sp³-hybridized carbons (Fsp3) is 0.556. The lowest BCUT2D eigenvalue weighted by molar-refractivity contribution is -0.385. The third-order valence-corrected chi connectivity index (χ3v) is 10.1. The van der Waals surface area contributed by atoms with E-state index in [1.165, 1.54) is 10.9 Å². The van der Waals surface area contributed by atoms with Crippen LogP contribution >= 0.6 is 0 Å². The molecule has 0 saturated carbocycles. The Morgan fingerprint density at radius 2 is 2.11 bits per heavy atom. The third kappa shape index (κ3) is 3.98. The van der Waals surface area contributed by atoms with Gasteiger partial charge in [0.05, 0.1) is 28.8 Å². The Balaban J connectivity index is 1.82. The second-order valence-corrected chi connectivity index (χ2v) is 13.4. The minimum Gasteiger partial charge on any atom is -0.412 e. The largest absolute Gasteiger partial charge is 0.412 e. The van der Waals surface area contributed by atoms with Gasteiger partial charge < -0.3 is 9.74 Å². The predicted octanol–water partition coefficient (Wildman–Crippen LogP) is 3.74. The molecule has 0 aromatic carbocycles. The van der Waals surface area contributed by atoms with E-state index >= 15 is 0 Å². The molecular formula is C18H26FN5O3Si. The van der Waals surface area contributed by atoms with Crippen LogP contribution in [0.4, 0.5) is 10.1 Å². The SMILES string of the molecule is CC(C)(C)[Si](C)(C)OC1CCNC1c1cn(-c2ncc([N+](=O)[O-])cc2F)cn1. The van der Waals surface area contributed by atoms with Gasteiger partial charge in [0.25, 0.3) is 5.69 Å². The number of hydrogen-bond acceptors (Lipinski definition) is 6. The molecule has 0 aliphatic carbocycles. The van der Waals surface area contributed by atoms with Gasteiger partial charge in [-0.2, -0.15) is 0 Å². The van der Waals surface area contributed by atoms with Crippen molar-refractivity contribution in [1.82, 2.24) is 19.9 Å². The molecule has 2 aromatic rings. The Labute approximate surface area is 164 Å². The third-order valence-electron chi connectivity index (χ3n) is 5.60. The normalized spacial score (nSPS) is 20.5. The standard InChI is InChI=1S/C18H26FN5O3Si/c1-18(2,3)28(4,5)27-15-6-7-20-16(15)14-10-23(11-22-14)17-13(19)8-12(9-21-17)24(25)26/h8-11,15-16,20H,6-7H2,1-5H3. The maximum absolute atomic E-state index is 14.3. The van der Waals surface area contributed by atoms with Crippen LogP contribution in [0.25, 0.3) is 5.82 Å². The van der Waals surface area contributed by atoms with Crippen LogP contribution < -0.4 is 5.32 Å². The zero-order valence-electron chi connectivity index (χ0n) is 16.8. The van der Waals surface area contributed by atoms with E-state index in [9.17, 15) is 14.5 Å². The topological polar surface area (TPSA) is 95.1 Å². The quantitative estimate of drug-likeness (QED) is 0.461. The minimum absolute atomic E-state index is 0.00101. The van der Waals surface area contributed by atoms with Crippen LogP contribution in [0.2, 0.25) is 18.1 Å². The Morgan fingerprint density at radius 1 is 1.39 bits per heavy atom. The van der Waals surface area contributed by atoms with E-state index in [0.29, 0.717) is 0 Å².